The molecule has 0 unspecified atom stereocenters. The molecule has 35 heavy (non-hydrogen) atoms. The van der Waals surface area contributed by atoms with Gasteiger partial charge < -0.3 is 19.7 Å². The lowest BCUT2D eigenvalue weighted by atomic mass is 9.98. The van der Waals surface area contributed by atoms with Crippen LogP contribution in [-0.2, 0) is 6.61 Å². The summed E-state index contributed by atoms with van der Waals surface area (Å²) < 4.78 is 33.3. The average Bonchev–Trinajstić information content (AvgIpc) is 3.20. The number of aryl methyl sites for hydroxylation is 1. The molecule has 5 nitrogen and oxygen atoms in total. The second-order valence-electron chi connectivity index (χ2n) is 8.37. The number of rotatable bonds is 7. The Morgan fingerprint density at radius 2 is 1.80 bits per heavy atom. The van der Waals surface area contributed by atoms with Gasteiger partial charge in [-0.1, -0.05) is 11.6 Å². The number of nitrogens with zero attached hydrogens (tertiary/aromatic N) is 1. The summed E-state index contributed by atoms with van der Waals surface area (Å²) in [6.07, 6.45) is 0. The lowest BCUT2D eigenvalue weighted by molar-refractivity contribution is 0.0697. The van der Waals surface area contributed by atoms with Crippen LogP contribution in [0.1, 0.15) is 21.6 Å². The van der Waals surface area contributed by atoms with Crippen LogP contribution in [0.5, 0.6) is 5.75 Å². The Morgan fingerprint density at radius 3 is 2.49 bits per heavy atom. The first-order valence-corrected chi connectivity index (χ1v) is 11.1. The number of halogens is 3. The van der Waals surface area contributed by atoms with E-state index in [0.29, 0.717) is 27.6 Å². The van der Waals surface area contributed by atoms with E-state index in [4.69, 9.17) is 16.3 Å². The molecule has 1 heterocycles. The number of anilines is 1. The van der Waals surface area contributed by atoms with Crippen molar-refractivity contribution in [3.8, 4) is 28.1 Å². The molecular weight excluding hydrogens is 474 g/mol. The van der Waals surface area contributed by atoms with E-state index in [-0.39, 0.29) is 17.7 Å². The quantitative estimate of drug-likeness (QED) is 0.291. The molecule has 180 valence electrons. The molecule has 0 atom stereocenters. The molecule has 4 aromatic rings. The molecule has 0 aliphatic rings. The van der Waals surface area contributed by atoms with Crippen molar-refractivity contribution in [1.82, 2.24) is 4.98 Å². The van der Waals surface area contributed by atoms with Crippen molar-refractivity contribution in [3.63, 3.8) is 0 Å². The van der Waals surface area contributed by atoms with Gasteiger partial charge in [0.05, 0.1) is 11.3 Å². The summed E-state index contributed by atoms with van der Waals surface area (Å²) in [6.45, 7) is 1.77. The minimum atomic E-state index is -1.03. The van der Waals surface area contributed by atoms with Crippen LogP contribution in [0, 0.1) is 18.6 Å². The number of ether oxygens (including phenoxy) is 1. The number of aromatic nitrogens is 1. The number of H-pyrrole nitrogens is 1. The van der Waals surface area contributed by atoms with Crippen molar-refractivity contribution >= 4 is 23.3 Å². The van der Waals surface area contributed by atoms with E-state index < -0.39 is 17.6 Å². The van der Waals surface area contributed by atoms with Crippen LogP contribution in [0.3, 0.4) is 0 Å². The Balaban J connectivity index is 1.80. The van der Waals surface area contributed by atoms with E-state index in [1.807, 2.05) is 38.1 Å². The number of carboxylic acid groups (broad SMARTS) is 1. The zero-order valence-electron chi connectivity index (χ0n) is 19.3. The second kappa shape index (κ2) is 9.80. The van der Waals surface area contributed by atoms with E-state index >= 15 is 0 Å². The maximum Gasteiger partial charge on any atom is 0.335 e. The van der Waals surface area contributed by atoms with Gasteiger partial charge in [-0.2, -0.15) is 0 Å². The van der Waals surface area contributed by atoms with Crippen LogP contribution in [0.15, 0.2) is 60.7 Å². The standard InChI is InChI=1S/C27H23ClF2N2O3/c1-15-8-22(17-9-18(27(33)34)11-21(10-17)32(2)3)26(31-15)23-12-19(28)5-7-25(23)35-14-16-4-6-20(29)13-24(16)30/h4-13,31H,14H2,1-3H3,(H,33,34). The Morgan fingerprint density at radius 1 is 1.03 bits per heavy atom. The average molecular weight is 497 g/mol. The normalized spacial score (nSPS) is 10.9. The molecular formula is C27H23ClF2N2O3. The predicted molar refractivity (Wildman–Crippen MR) is 133 cm³/mol. The number of hydrogen-bond acceptors (Lipinski definition) is 3. The third-order valence-corrected chi connectivity index (χ3v) is 5.79. The molecule has 0 amide bonds. The minimum Gasteiger partial charge on any atom is -0.488 e. The van der Waals surface area contributed by atoms with Gasteiger partial charge in [-0.15, -0.1) is 0 Å². The van der Waals surface area contributed by atoms with Crippen molar-refractivity contribution < 1.29 is 23.4 Å². The third kappa shape index (κ3) is 5.30. The Labute approximate surface area is 206 Å². The molecule has 0 fully saturated rings. The zero-order valence-corrected chi connectivity index (χ0v) is 20.1. The first-order chi connectivity index (χ1) is 16.6. The van der Waals surface area contributed by atoms with Gasteiger partial charge in [0, 0.05) is 53.3 Å². The summed E-state index contributed by atoms with van der Waals surface area (Å²) in [5.41, 5.74) is 4.70. The Bertz CT molecular complexity index is 1420. The van der Waals surface area contributed by atoms with Gasteiger partial charge in [-0.25, -0.2) is 13.6 Å². The number of nitrogens with one attached hydrogen (secondary N) is 1. The molecule has 0 bridgehead atoms. The summed E-state index contributed by atoms with van der Waals surface area (Å²) in [6, 6.07) is 15.4. The lowest BCUT2D eigenvalue weighted by Crippen LogP contribution is -2.10. The highest BCUT2D eigenvalue weighted by Gasteiger charge is 2.19. The summed E-state index contributed by atoms with van der Waals surface area (Å²) in [7, 11) is 3.68. The molecule has 0 spiro atoms. The molecule has 0 aliphatic heterocycles. The van der Waals surface area contributed by atoms with Gasteiger partial charge in [-0.3, -0.25) is 0 Å². The summed E-state index contributed by atoms with van der Waals surface area (Å²) >= 11 is 6.31. The highest BCUT2D eigenvalue weighted by molar-refractivity contribution is 6.31. The van der Waals surface area contributed by atoms with Crippen molar-refractivity contribution in [1.29, 1.82) is 0 Å². The van der Waals surface area contributed by atoms with Crippen LogP contribution in [0.25, 0.3) is 22.4 Å². The van der Waals surface area contributed by atoms with Gasteiger partial charge in [0.15, 0.2) is 0 Å². The summed E-state index contributed by atoms with van der Waals surface area (Å²) in [4.78, 5) is 16.9. The number of carbonyl (C=O) groups is 1. The van der Waals surface area contributed by atoms with Crippen LogP contribution < -0.4 is 9.64 Å². The van der Waals surface area contributed by atoms with E-state index in [1.54, 1.807) is 30.3 Å². The molecule has 0 saturated heterocycles. The van der Waals surface area contributed by atoms with Crippen LogP contribution in [-0.4, -0.2) is 30.2 Å². The molecule has 2 N–H and O–H groups in total. The Hall–Kier alpha value is -3.84. The first-order valence-electron chi connectivity index (χ1n) is 10.7. The third-order valence-electron chi connectivity index (χ3n) is 5.55. The fourth-order valence-electron chi connectivity index (χ4n) is 3.80. The molecule has 8 heteroatoms. The largest absolute Gasteiger partial charge is 0.488 e. The number of carboxylic acids is 1. The van der Waals surface area contributed by atoms with Crippen LogP contribution in [0.4, 0.5) is 14.5 Å². The fourth-order valence-corrected chi connectivity index (χ4v) is 3.97. The van der Waals surface area contributed by atoms with Gasteiger partial charge in [-0.05, 0) is 67.1 Å². The molecule has 1 aromatic heterocycles. The SMILES string of the molecule is Cc1cc(-c2cc(C(=O)O)cc(N(C)C)c2)c(-c2cc(Cl)ccc2OCc2ccc(F)cc2F)[nH]1. The monoisotopic (exact) mass is 496 g/mol. The molecule has 0 radical (unpaired) electrons. The second-order valence-corrected chi connectivity index (χ2v) is 8.81. The van der Waals surface area contributed by atoms with Crippen LogP contribution >= 0.6 is 11.6 Å². The van der Waals surface area contributed by atoms with Crippen LogP contribution in [0.2, 0.25) is 5.02 Å². The number of aromatic carboxylic acids is 1. The first kappa shape index (κ1) is 24.3. The highest BCUT2D eigenvalue weighted by atomic mass is 35.5. The maximum atomic E-state index is 14.1. The van der Waals surface area contributed by atoms with E-state index in [2.05, 4.69) is 4.98 Å². The lowest BCUT2D eigenvalue weighted by Gasteiger charge is -2.16. The Kier molecular flexibility index (Phi) is 6.80. The molecule has 0 aliphatic carbocycles. The summed E-state index contributed by atoms with van der Waals surface area (Å²) in [5.74, 6) is -1.95. The smallest absolute Gasteiger partial charge is 0.335 e. The van der Waals surface area contributed by atoms with E-state index in [0.717, 1.165) is 23.0 Å². The predicted octanol–water partition coefficient (Wildman–Crippen LogP) is 6.93. The fraction of sp³-hybridized carbons (Fsp3) is 0.148. The number of aromatic amines is 1. The topological polar surface area (TPSA) is 65.6 Å². The van der Waals surface area contributed by atoms with E-state index in [1.165, 1.54) is 12.1 Å². The van der Waals surface area contributed by atoms with Crippen molar-refractivity contribution in [2.24, 2.45) is 0 Å². The van der Waals surface area contributed by atoms with Crippen molar-refractivity contribution in [2.75, 3.05) is 19.0 Å². The van der Waals surface area contributed by atoms with Gasteiger partial charge in [0.25, 0.3) is 0 Å². The maximum absolute atomic E-state index is 14.1. The molecule has 4 rings (SSSR count). The molecule has 3 aromatic carbocycles. The van der Waals surface area contributed by atoms with Gasteiger partial charge in [0.1, 0.15) is 24.0 Å². The number of hydrogen-bond donors (Lipinski definition) is 2. The number of benzene rings is 3. The highest BCUT2D eigenvalue weighted by Crippen LogP contribution is 2.40. The summed E-state index contributed by atoms with van der Waals surface area (Å²) in [5, 5.41) is 10.1. The minimum absolute atomic E-state index is 0.116. The zero-order chi connectivity index (χ0) is 25.3. The van der Waals surface area contributed by atoms with Crippen molar-refractivity contribution in [2.45, 2.75) is 13.5 Å². The van der Waals surface area contributed by atoms with Crippen molar-refractivity contribution in [3.05, 3.63) is 94.1 Å². The van der Waals surface area contributed by atoms with E-state index in [9.17, 15) is 18.7 Å². The van der Waals surface area contributed by atoms with Gasteiger partial charge >= 0.3 is 5.97 Å². The molecule has 0 saturated carbocycles. The van der Waals surface area contributed by atoms with Gasteiger partial charge in [0.2, 0.25) is 0 Å².